The molecule has 0 unspecified atom stereocenters. The molecule has 0 atom stereocenters. The summed E-state index contributed by atoms with van der Waals surface area (Å²) in [6.07, 6.45) is 6.51. The van der Waals surface area contributed by atoms with Crippen molar-refractivity contribution in [1.29, 1.82) is 0 Å². The Balaban J connectivity index is 2.11. The summed E-state index contributed by atoms with van der Waals surface area (Å²) >= 11 is 3.45. The van der Waals surface area contributed by atoms with E-state index < -0.39 is 0 Å². The molecule has 4 nitrogen and oxygen atoms in total. The van der Waals surface area contributed by atoms with Gasteiger partial charge in [0.2, 0.25) is 0 Å². The fraction of sp³-hybridized carbons (Fsp3) is 0.333. The number of aromatic amines is 1. The molecule has 0 amide bonds. The molecule has 0 radical (unpaired) electrons. The SMILES string of the molecule is O=c1[nH]c2cc(Br)ccc2c2c1cnn2C1CCCC1. The summed E-state index contributed by atoms with van der Waals surface area (Å²) < 4.78 is 3.03. The molecule has 5 heteroatoms. The molecular weight excluding hydrogens is 318 g/mol. The van der Waals surface area contributed by atoms with Gasteiger partial charge in [-0.05, 0) is 31.0 Å². The van der Waals surface area contributed by atoms with Crippen molar-refractivity contribution in [3.05, 3.63) is 39.2 Å². The fourth-order valence-corrected chi connectivity index (χ4v) is 3.60. The standard InChI is InChI=1S/C15H14BrN3O/c16-9-5-6-11-13(7-9)18-15(20)12-8-17-19(14(11)12)10-3-1-2-4-10/h5-8,10H,1-4H2,(H,18,20). The molecule has 4 rings (SSSR count). The predicted molar refractivity (Wildman–Crippen MR) is 83.1 cm³/mol. The van der Waals surface area contributed by atoms with Crippen LogP contribution >= 0.6 is 15.9 Å². The average molecular weight is 332 g/mol. The number of hydrogen-bond donors (Lipinski definition) is 1. The molecule has 2 heterocycles. The summed E-state index contributed by atoms with van der Waals surface area (Å²) in [5.74, 6) is 0. The Labute approximate surface area is 123 Å². The van der Waals surface area contributed by atoms with E-state index in [4.69, 9.17) is 0 Å². The fourth-order valence-electron chi connectivity index (χ4n) is 3.24. The van der Waals surface area contributed by atoms with Crippen molar-refractivity contribution in [2.24, 2.45) is 0 Å². The van der Waals surface area contributed by atoms with E-state index in [1.807, 2.05) is 18.2 Å². The van der Waals surface area contributed by atoms with E-state index in [0.29, 0.717) is 11.4 Å². The molecule has 20 heavy (non-hydrogen) atoms. The Morgan fingerprint density at radius 3 is 2.85 bits per heavy atom. The predicted octanol–water partition coefficient (Wildman–Crippen LogP) is 3.76. The van der Waals surface area contributed by atoms with Gasteiger partial charge in [-0.15, -0.1) is 0 Å². The maximum atomic E-state index is 12.2. The van der Waals surface area contributed by atoms with E-state index in [0.717, 1.165) is 33.7 Å². The van der Waals surface area contributed by atoms with Crippen molar-refractivity contribution in [2.45, 2.75) is 31.7 Å². The van der Waals surface area contributed by atoms with E-state index >= 15 is 0 Å². The van der Waals surface area contributed by atoms with Crippen LogP contribution in [0.1, 0.15) is 31.7 Å². The Morgan fingerprint density at radius 1 is 1.25 bits per heavy atom. The topological polar surface area (TPSA) is 50.7 Å². The van der Waals surface area contributed by atoms with Gasteiger partial charge in [-0.3, -0.25) is 9.48 Å². The second-order valence-corrected chi connectivity index (χ2v) is 6.35. The first-order valence-corrected chi connectivity index (χ1v) is 7.72. The van der Waals surface area contributed by atoms with Crippen molar-refractivity contribution in [3.63, 3.8) is 0 Å². The van der Waals surface area contributed by atoms with Crippen LogP contribution in [-0.2, 0) is 0 Å². The number of fused-ring (bicyclic) bond motifs is 3. The quantitative estimate of drug-likeness (QED) is 0.738. The van der Waals surface area contributed by atoms with Crippen molar-refractivity contribution < 1.29 is 0 Å². The van der Waals surface area contributed by atoms with E-state index in [9.17, 15) is 4.79 Å². The van der Waals surface area contributed by atoms with E-state index in [1.165, 1.54) is 12.8 Å². The molecule has 0 aliphatic heterocycles. The molecular formula is C15H14BrN3O. The Morgan fingerprint density at radius 2 is 2.05 bits per heavy atom. The largest absolute Gasteiger partial charge is 0.321 e. The first-order valence-electron chi connectivity index (χ1n) is 6.93. The summed E-state index contributed by atoms with van der Waals surface area (Å²) in [5, 5.41) is 6.24. The van der Waals surface area contributed by atoms with Gasteiger partial charge in [0.1, 0.15) is 0 Å². The van der Waals surface area contributed by atoms with Gasteiger partial charge in [-0.25, -0.2) is 0 Å². The molecule has 1 aromatic carbocycles. The number of H-pyrrole nitrogens is 1. The van der Waals surface area contributed by atoms with Gasteiger partial charge in [0.25, 0.3) is 5.56 Å². The van der Waals surface area contributed by atoms with Crippen LogP contribution in [0.2, 0.25) is 0 Å². The number of nitrogens with zero attached hydrogens (tertiary/aromatic N) is 2. The minimum atomic E-state index is -0.0603. The van der Waals surface area contributed by atoms with Gasteiger partial charge >= 0.3 is 0 Å². The summed E-state index contributed by atoms with van der Waals surface area (Å²) in [5.41, 5.74) is 1.77. The molecule has 1 aliphatic rings. The van der Waals surface area contributed by atoms with E-state index in [1.54, 1.807) is 6.20 Å². The first-order chi connectivity index (χ1) is 9.74. The highest BCUT2D eigenvalue weighted by molar-refractivity contribution is 9.10. The maximum Gasteiger partial charge on any atom is 0.259 e. The molecule has 1 saturated carbocycles. The number of benzene rings is 1. The number of hydrogen-bond acceptors (Lipinski definition) is 2. The van der Waals surface area contributed by atoms with Crippen molar-refractivity contribution in [2.75, 3.05) is 0 Å². The van der Waals surface area contributed by atoms with Crippen LogP contribution < -0.4 is 5.56 Å². The lowest BCUT2D eigenvalue weighted by Gasteiger charge is -2.12. The van der Waals surface area contributed by atoms with Crippen LogP contribution in [0.3, 0.4) is 0 Å². The monoisotopic (exact) mass is 331 g/mol. The third-order valence-corrected chi connectivity index (χ3v) is 4.69. The van der Waals surface area contributed by atoms with Crippen LogP contribution in [0.5, 0.6) is 0 Å². The van der Waals surface area contributed by atoms with E-state index in [2.05, 4.69) is 30.7 Å². The van der Waals surface area contributed by atoms with Crippen LogP contribution in [-0.4, -0.2) is 14.8 Å². The Kier molecular flexibility index (Phi) is 2.70. The molecule has 2 aromatic heterocycles. The minimum absolute atomic E-state index is 0.0603. The van der Waals surface area contributed by atoms with Crippen molar-refractivity contribution in [3.8, 4) is 0 Å². The van der Waals surface area contributed by atoms with Crippen LogP contribution in [0.15, 0.2) is 33.7 Å². The number of pyridine rings is 1. The van der Waals surface area contributed by atoms with Gasteiger partial charge < -0.3 is 4.98 Å². The number of nitrogens with one attached hydrogen (secondary N) is 1. The molecule has 0 bridgehead atoms. The third kappa shape index (κ3) is 1.73. The van der Waals surface area contributed by atoms with Crippen molar-refractivity contribution >= 4 is 37.7 Å². The summed E-state index contributed by atoms with van der Waals surface area (Å²) in [6.45, 7) is 0. The molecule has 0 spiro atoms. The molecule has 102 valence electrons. The average Bonchev–Trinajstić information content (AvgIpc) is 3.07. The van der Waals surface area contributed by atoms with Crippen LogP contribution in [0.25, 0.3) is 21.8 Å². The summed E-state index contributed by atoms with van der Waals surface area (Å²) in [4.78, 5) is 15.1. The zero-order valence-electron chi connectivity index (χ0n) is 10.9. The summed E-state index contributed by atoms with van der Waals surface area (Å²) in [7, 11) is 0. The summed E-state index contributed by atoms with van der Waals surface area (Å²) in [6, 6.07) is 6.43. The maximum absolute atomic E-state index is 12.2. The molecule has 3 aromatic rings. The normalized spacial score (nSPS) is 16.4. The third-order valence-electron chi connectivity index (χ3n) is 4.20. The molecule has 1 fully saturated rings. The Bertz CT molecular complexity index is 859. The zero-order chi connectivity index (χ0) is 13.7. The first kappa shape index (κ1) is 12.1. The van der Waals surface area contributed by atoms with Crippen molar-refractivity contribution in [1.82, 2.24) is 14.8 Å². The minimum Gasteiger partial charge on any atom is -0.321 e. The lowest BCUT2D eigenvalue weighted by molar-refractivity contribution is 0.482. The highest BCUT2D eigenvalue weighted by Crippen LogP contribution is 2.33. The van der Waals surface area contributed by atoms with Gasteiger partial charge in [0.05, 0.1) is 28.7 Å². The van der Waals surface area contributed by atoms with Crippen LogP contribution in [0.4, 0.5) is 0 Å². The van der Waals surface area contributed by atoms with Gasteiger partial charge in [0, 0.05) is 9.86 Å². The second kappa shape index (κ2) is 4.45. The molecule has 0 saturated heterocycles. The van der Waals surface area contributed by atoms with Gasteiger partial charge in [0.15, 0.2) is 0 Å². The lowest BCUT2D eigenvalue weighted by atomic mass is 10.1. The highest BCUT2D eigenvalue weighted by Gasteiger charge is 2.21. The van der Waals surface area contributed by atoms with Crippen LogP contribution in [0, 0.1) is 0 Å². The van der Waals surface area contributed by atoms with Gasteiger partial charge in [-0.2, -0.15) is 5.10 Å². The zero-order valence-corrected chi connectivity index (χ0v) is 12.5. The Hall–Kier alpha value is -1.62. The number of rotatable bonds is 1. The second-order valence-electron chi connectivity index (χ2n) is 5.43. The molecule has 1 aliphatic carbocycles. The number of aromatic nitrogens is 3. The lowest BCUT2D eigenvalue weighted by Crippen LogP contribution is -2.10. The number of halogens is 1. The smallest absolute Gasteiger partial charge is 0.259 e. The molecule has 1 N–H and O–H groups in total. The highest BCUT2D eigenvalue weighted by atomic mass is 79.9. The van der Waals surface area contributed by atoms with Gasteiger partial charge in [-0.1, -0.05) is 28.8 Å². The van der Waals surface area contributed by atoms with E-state index in [-0.39, 0.29) is 5.56 Å².